The molecule has 3 aromatic rings. The molecular weight excluding hydrogens is 589 g/mol. The quantitative estimate of drug-likeness (QED) is 0.231. The van der Waals surface area contributed by atoms with Crippen LogP contribution >= 0.6 is 45.8 Å². The third-order valence-electron chi connectivity index (χ3n) is 6.11. The fourth-order valence-corrected chi connectivity index (χ4v) is 5.05. The highest BCUT2D eigenvalue weighted by molar-refractivity contribution is 14.1. The molecule has 1 aliphatic rings. The molecule has 0 saturated carbocycles. The lowest BCUT2D eigenvalue weighted by molar-refractivity contribution is 0.103. The van der Waals surface area contributed by atoms with Gasteiger partial charge in [0, 0.05) is 35.2 Å². The molecule has 0 amide bonds. The number of hydrogen-bond acceptors (Lipinski definition) is 4. The molecule has 3 aromatic carbocycles. The minimum atomic E-state index is -0.287. The Morgan fingerprint density at radius 2 is 1.76 bits per heavy atom. The Labute approximate surface area is 223 Å². The smallest absolute Gasteiger partial charge is 0.123 e. The Bertz CT molecular complexity index is 1090. The maximum absolute atomic E-state index is 13.5. The van der Waals surface area contributed by atoms with Gasteiger partial charge in [-0.1, -0.05) is 70.1 Å². The molecule has 1 aliphatic heterocycles. The lowest BCUT2D eigenvalue weighted by Crippen LogP contribution is -2.50. The van der Waals surface area contributed by atoms with Crippen molar-refractivity contribution in [1.29, 1.82) is 0 Å². The number of benzene rings is 3. The van der Waals surface area contributed by atoms with Gasteiger partial charge in [0.25, 0.3) is 0 Å². The highest BCUT2D eigenvalue weighted by atomic mass is 127. The predicted molar refractivity (Wildman–Crippen MR) is 145 cm³/mol. The Morgan fingerprint density at radius 3 is 2.41 bits per heavy atom. The van der Waals surface area contributed by atoms with Gasteiger partial charge in [0.2, 0.25) is 0 Å². The van der Waals surface area contributed by atoms with Crippen LogP contribution < -0.4 is 9.64 Å². The van der Waals surface area contributed by atoms with Gasteiger partial charge in [0.1, 0.15) is 11.6 Å². The number of aliphatic hydroxyl groups excluding tert-OH is 1. The molecule has 0 bridgehead atoms. The summed E-state index contributed by atoms with van der Waals surface area (Å²) in [4.78, 5) is 4.54. The molecule has 1 saturated heterocycles. The van der Waals surface area contributed by atoms with Gasteiger partial charge in [-0.15, -0.1) is 0 Å². The van der Waals surface area contributed by atoms with E-state index in [1.54, 1.807) is 12.1 Å². The van der Waals surface area contributed by atoms with Crippen LogP contribution in [0.1, 0.15) is 23.2 Å². The minimum absolute atomic E-state index is 0.0147. The maximum Gasteiger partial charge on any atom is 0.123 e. The topological polar surface area (TPSA) is 35.9 Å². The number of aliphatic hydroxyl groups is 1. The largest absolute Gasteiger partial charge is 0.493 e. The Morgan fingerprint density at radius 1 is 1.03 bits per heavy atom. The van der Waals surface area contributed by atoms with Gasteiger partial charge < -0.3 is 14.7 Å². The van der Waals surface area contributed by atoms with E-state index < -0.39 is 0 Å². The van der Waals surface area contributed by atoms with Crippen LogP contribution in [0, 0.1) is 5.82 Å². The molecule has 0 aromatic heterocycles. The van der Waals surface area contributed by atoms with E-state index in [4.69, 9.17) is 27.9 Å². The molecule has 34 heavy (non-hydrogen) atoms. The van der Waals surface area contributed by atoms with Crippen molar-refractivity contribution in [3.05, 3.63) is 93.7 Å². The summed E-state index contributed by atoms with van der Waals surface area (Å²) >= 11 is 15.2. The standard InChI is InChI=1S/C26H26Cl2FIN2O2/c27-20-5-1-18(2-6-20)25-16-31(26(17-33)19-3-7-21(29)8-4-19)12-13-32(25)24-10-9-22(15-23(24)28)34-14-11-30/h1-10,15,25-26,33H,11-14,16-17H2/t25-,26-/m0/s1. The first-order valence-electron chi connectivity index (χ1n) is 11.1. The molecule has 4 nitrogen and oxygen atoms in total. The van der Waals surface area contributed by atoms with Crippen molar-refractivity contribution in [3.8, 4) is 5.75 Å². The summed E-state index contributed by atoms with van der Waals surface area (Å²) in [5.41, 5.74) is 2.93. The highest BCUT2D eigenvalue weighted by Gasteiger charge is 2.33. The first-order valence-corrected chi connectivity index (χ1v) is 13.4. The minimum Gasteiger partial charge on any atom is -0.493 e. The monoisotopic (exact) mass is 614 g/mol. The van der Waals surface area contributed by atoms with Gasteiger partial charge >= 0.3 is 0 Å². The third kappa shape index (κ3) is 5.97. The van der Waals surface area contributed by atoms with Crippen LogP contribution in [0.5, 0.6) is 5.75 Å². The second-order valence-corrected chi connectivity index (χ2v) is 10.1. The van der Waals surface area contributed by atoms with Gasteiger partial charge in [-0.3, -0.25) is 4.90 Å². The molecule has 0 spiro atoms. The normalized spacial score (nSPS) is 17.6. The number of rotatable bonds is 8. The summed E-state index contributed by atoms with van der Waals surface area (Å²) < 4.78 is 20.1. The second-order valence-electron chi connectivity index (χ2n) is 8.16. The van der Waals surface area contributed by atoms with Gasteiger partial charge in [-0.05, 0) is 47.5 Å². The Kier molecular flexibility index (Phi) is 8.93. The van der Waals surface area contributed by atoms with Gasteiger partial charge in [-0.2, -0.15) is 0 Å². The molecule has 1 fully saturated rings. The van der Waals surface area contributed by atoms with Crippen molar-refractivity contribution in [2.75, 3.05) is 42.2 Å². The molecule has 0 aliphatic carbocycles. The lowest BCUT2D eigenvalue weighted by atomic mass is 9.98. The highest BCUT2D eigenvalue weighted by Crippen LogP contribution is 2.39. The molecular formula is C26H26Cl2FIN2O2. The van der Waals surface area contributed by atoms with Crippen molar-refractivity contribution < 1.29 is 14.2 Å². The van der Waals surface area contributed by atoms with Crippen molar-refractivity contribution in [3.63, 3.8) is 0 Å². The van der Waals surface area contributed by atoms with E-state index in [1.807, 2.05) is 42.5 Å². The fraction of sp³-hybridized carbons (Fsp3) is 0.308. The number of ether oxygens (including phenoxy) is 1. The summed E-state index contributed by atoms with van der Waals surface area (Å²) in [6, 6.07) is 19.8. The van der Waals surface area contributed by atoms with E-state index in [0.29, 0.717) is 29.7 Å². The Balaban J connectivity index is 1.64. The first kappa shape index (κ1) is 25.5. The molecule has 1 N–H and O–H groups in total. The molecule has 4 rings (SSSR count). The first-order chi connectivity index (χ1) is 16.5. The average Bonchev–Trinajstić information content (AvgIpc) is 2.85. The van der Waals surface area contributed by atoms with Crippen molar-refractivity contribution in [1.82, 2.24) is 4.90 Å². The van der Waals surface area contributed by atoms with E-state index in [0.717, 1.165) is 33.5 Å². The summed E-state index contributed by atoms with van der Waals surface area (Å²) in [7, 11) is 0. The second kappa shape index (κ2) is 11.9. The summed E-state index contributed by atoms with van der Waals surface area (Å²) in [6.45, 7) is 2.67. The van der Waals surface area contributed by atoms with E-state index in [-0.39, 0.29) is 24.5 Å². The van der Waals surface area contributed by atoms with Crippen LogP contribution in [-0.2, 0) is 0 Å². The lowest BCUT2D eigenvalue weighted by Gasteiger charge is -2.46. The van der Waals surface area contributed by atoms with Gasteiger partial charge in [0.05, 0.1) is 36.0 Å². The van der Waals surface area contributed by atoms with Crippen LogP contribution in [0.4, 0.5) is 10.1 Å². The summed E-state index contributed by atoms with van der Waals surface area (Å²) in [6.07, 6.45) is 0. The summed E-state index contributed by atoms with van der Waals surface area (Å²) in [5, 5.41) is 11.5. The van der Waals surface area contributed by atoms with Crippen LogP contribution in [0.25, 0.3) is 0 Å². The molecule has 0 radical (unpaired) electrons. The molecule has 2 atom stereocenters. The fourth-order valence-electron chi connectivity index (χ4n) is 4.43. The van der Waals surface area contributed by atoms with E-state index >= 15 is 0 Å². The number of halogens is 4. The predicted octanol–water partition coefficient (Wildman–Crippen LogP) is 6.54. The van der Waals surface area contributed by atoms with Crippen molar-refractivity contribution >= 4 is 51.5 Å². The van der Waals surface area contributed by atoms with Gasteiger partial charge in [0.15, 0.2) is 0 Å². The van der Waals surface area contributed by atoms with Crippen molar-refractivity contribution in [2.45, 2.75) is 12.1 Å². The van der Waals surface area contributed by atoms with Crippen LogP contribution in [0.2, 0.25) is 10.0 Å². The molecule has 0 unspecified atom stereocenters. The van der Waals surface area contributed by atoms with Crippen LogP contribution in [0.15, 0.2) is 66.7 Å². The van der Waals surface area contributed by atoms with Crippen LogP contribution in [-0.4, -0.2) is 47.3 Å². The summed E-state index contributed by atoms with van der Waals surface area (Å²) in [5.74, 6) is 0.466. The third-order valence-corrected chi connectivity index (χ3v) is 7.10. The molecule has 180 valence electrons. The van der Waals surface area contributed by atoms with E-state index in [9.17, 15) is 9.50 Å². The van der Waals surface area contributed by atoms with E-state index in [2.05, 4.69) is 32.4 Å². The molecule has 1 heterocycles. The Hall–Kier alpha value is -1.58. The number of piperazine rings is 1. The zero-order chi connectivity index (χ0) is 24.1. The number of anilines is 1. The maximum atomic E-state index is 13.5. The van der Waals surface area contributed by atoms with Crippen molar-refractivity contribution in [2.24, 2.45) is 0 Å². The number of alkyl halides is 1. The van der Waals surface area contributed by atoms with Gasteiger partial charge in [-0.25, -0.2) is 4.39 Å². The zero-order valence-electron chi connectivity index (χ0n) is 18.5. The molecule has 8 heteroatoms. The average molecular weight is 615 g/mol. The van der Waals surface area contributed by atoms with Crippen LogP contribution in [0.3, 0.4) is 0 Å². The van der Waals surface area contributed by atoms with E-state index in [1.165, 1.54) is 12.1 Å². The number of hydrogen-bond donors (Lipinski definition) is 1. The number of nitrogens with zero attached hydrogens (tertiary/aromatic N) is 2. The SMILES string of the molecule is OC[C@@H](c1ccc(F)cc1)N1CCN(c2ccc(OCCI)cc2Cl)[C@H](c2ccc(Cl)cc2)C1. The zero-order valence-corrected chi connectivity index (χ0v) is 22.2.